The molecule has 0 fully saturated rings. The maximum absolute atomic E-state index is 12.2. The Hall–Kier alpha value is -2.01. The Bertz CT molecular complexity index is 593. The van der Waals surface area contributed by atoms with Crippen LogP contribution in [0.3, 0.4) is 0 Å². The number of hydrogen-bond acceptors (Lipinski definition) is 5. The molecule has 92 valence electrons. The Morgan fingerprint density at radius 1 is 1.22 bits per heavy atom. The lowest BCUT2D eigenvalue weighted by atomic mass is 10.1. The molecule has 2 heterocycles. The summed E-state index contributed by atoms with van der Waals surface area (Å²) in [5.74, 6) is 1.09. The molecule has 1 aromatic carbocycles. The minimum Gasteiger partial charge on any atom is -0.486 e. The van der Waals surface area contributed by atoms with Gasteiger partial charge in [0.2, 0.25) is 5.78 Å². The SMILES string of the molecule is Nc1cc2c(cc1C(=O)c1cccs1)OCCO2. The number of carbonyl (C=O) groups excluding carboxylic acids is 1. The van der Waals surface area contributed by atoms with E-state index in [1.807, 2.05) is 11.4 Å². The van der Waals surface area contributed by atoms with Crippen LogP contribution in [-0.4, -0.2) is 19.0 Å². The van der Waals surface area contributed by atoms with E-state index in [0.717, 1.165) is 0 Å². The Kier molecular flexibility index (Phi) is 2.68. The molecule has 5 heteroatoms. The van der Waals surface area contributed by atoms with Gasteiger partial charge in [-0.3, -0.25) is 4.79 Å². The number of nitrogens with two attached hydrogens (primary N) is 1. The molecule has 0 bridgehead atoms. The molecule has 1 aromatic heterocycles. The lowest BCUT2D eigenvalue weighted by Crippen LogP contribution is -2.16. The third-order valence-corrected chi connectivity index (χ3v) is 3.57. The zero-order valence-corrected chi connectivity index (χ0v) is 10.3. The number of thiophene rings is 1. The van der Waals surface area contributed by atoms with Crippen LogP contribution >= 0.6 is 11.3 Å². The van der Waals surface area contributed by atoms with Crippen LogP contribution in [0.25, 0.3) is 0 Å². The summed E-state index contributed by atoms with van der Waals surface area (Å²) in [6, 6.07) is 6.93. The zero-order valence-electron chi connectivity index (χ0n) is 9.51. The molecule has 1 aliphatic rings. The highest BCUT2D eigenvalue weighted by atomic mass is 32.1. The Morgan fingerprint density at radius 3 is 2.61 bits per heavy atom. The first-order valence-electron chi connectivity index (χ1n) is 5.53. The molecular formula is C13H11NO3S. The molecule has 0 spiro atoms. The van der Waals surface area contributed by atoms with E-state index in [0.29, 0.717) is 40.8 Å². The van der Waals surface area contributed by atoms with Gasteiger partial charge in [-0.25, -0.2) is 0 Å². The molecule has 4 nitrogen and oxygen atoms in total. The second-order valence-electron chi connectivity index (χ2n) is 3.89. The first-order chi connectivity index (χ1) is 8.75. The van der Waals surface area contributed by atoms with Crippen molar-refractivity contribution in [1.29, 1.82) is 0 Å². The van der Waals surface area contributed by atoms with Gasteiger partial charge in [-0.1, -0.05) is 6.07 Å². The van der Waals surface area contributed by atoms with E-state index in [9.17, 15) is 4.79 Å². The van der Waals surface area contributed by atoms with E-state index in [1.165, 1.54) is 11.3 Å². The monoisotopic (exact) mass is 261 g/mol. The fraction of sp³-hybridized carbons (Fsp3) is 0.154. The second kappa shape index (κ2) is 4.34. The fourth-order valence-electron chi connectivity index (χ4n) is 1.84. The predicted molar refractivity (Wildman–Crippen MR) is 69.6 cm³/mol. The molecule has 18 heavy (non-hydrogen) atoms. The number of fused-ring (bicyclic) bond motifs is 1. The Morgan fingerprint density at radius 2 is 1.94 bits per heavy atom. The molecule has 1 aliphatic heterocycles. The van der Waals surface area contributed by atoms with Gasteiger partial charge < -0.3 is 15.2 Å². The van der Waals surface area contributed by atoms with Crippen molar-refractivity contribution in [3.63, 3.8) is 0 Å². The minimum atomic E-state index is -0.0838. The maximum atomic E-state index is 12.2. The molecule has 0 saturated carbocycles. The summed E-state index contributed by atoms with van der Waals surface area (Å²) >= 11 is 1.39. The Labute approximate surface area is 108 Å². The van der Waals surface area contributed by atoms with Gasteiger partial charge in [0.15, 0.2) is 11.5 Å². The highest BCUT2D eigenvalue weighted by molar-refractivity contribution is 7.12. The molecular weight excluding hydrogens is 250 g/mol. The third-order valence-electron chi connectivity index (χ3n) is 2.70. The predicted octanol–water partition coefficient (Wildman–Crippen LogP) is 2.33. The quantitative estimate of drug-likeness (QED) is 0.665. The fourth-order valence-corrected chi connectivity index (χ4v) is 2.52. The van der Waals surface area contributed by atoms with Crippen LogP contribution in [0.4, 0.5) is 5.69 Å². The summed E-state index contributed by atoms with van der Waals surface area (Å²) in [5.41, 5.74) is 6.77. The lowest BCUT2D eigenvalue weighted by Gasteiger charge is -2.19. The standard InChI is InChI=1S/C13H11NO3S/c14-9-7-11-10(16-3-4-17-11)6-8(9)13(15)12-2-1-5-18-12/h1-2,5-7H,3-4,14H2. The van der Waals surface area contributed by atoms with Crippen LogP contribution in [0.1, 0.15) is 15.2 Å². The minimum absolute atomic E-state index is 0.0838. The summed E-state index contributed by atoms with van der Waals surface area (Å²) in [7, 11) is 0. The largest absolute Gasteiger partial charge is 0.486 e. The van der Waals surface area contributed by atoms with Gasteiger partial charge in [0.05, 0.1) is 10.4 Å². The summed E-state index contributed by atoms with van der Waals surface area (Å²) < 4.78 is 10.9. The van der Waals surface area contributed by atoms with Crippen LogP contribution in [-0.2, 0) is 0 Å². The molecule has 0 atom stereocenters. The summed E-state index contributed by atoms with van der Waals surface area (Å²) in [6.07, 6.45) is 0. The zero-order chi connectivity index (χ0) is 12.5. The van der Waals surface area contributed by atoms with Gasteiger partial charge >= 0.3 is 0 Å². The smallest absolute Gasteiger partial charge is 0.205 e. The van der Waals surface area contributed by atoms with Crippen molar-refractivity contribution < 1.29 is 14.3 Å². The summed E-state index contributed by atoms with van der Waals surface area (Å²) in [4.78, 5) is 12.9. The van der Waals surface area contributed by atoms with E-state index in [2.05, 4.69) is 0 Å². The average molecular weight is 261 g/mol. The van der Waals surface area contributed by atoms with Gasteiger partial charge in [0, 0.05) is 11.8 Å². The van der Waals surface area contributed by atoms with Crippen molar-refractivity contribution >= 4 is 22.8 Å². The molecule has 3 rings (SSSR count). The number of ketones is 1. The van der Waals surface area contributed by atoms with Gasteiger partial charge in [-0.15, -0.1) is 11.3 Å². The van der Waals surface area contributed by atoms with Gasteiger partial charge in [0.1, 0.15) is 13.2 Å². The maximum Gasteiger partial charge on any atom is 0.205 e. The number of rotatable bonds is 2. The van der Waals surface area contributed by atoms with Crippen LogP contribution in [0.5, 0.6) is 11.5 Å². The van der Waals surface area contributed by atoms with Crippen LogP contribution in [0.15, 0.2) is 29.6 Å². The number of ether oxygens (including phenoxy) is 2. The van der Waals surface area contributed by atoms with E-state index in [-0.39, 0.29) is 5.78 Å². The van der Waals surface area contributed by atoms with E-state index >= 15 is 0 Å². The third kappa shape index (κ3) is 1.82. The van der Waals surface area contributed by atoms with Crippen molar-refractivity contribution in [3.05, 3.63) is 40.1 Å². The number of benzene rings is 1. The first-order valence-corrected chi connectivity index (χ1v) is 6.41. The molecule has 2 aromatic rings. The first kappa shape index (κ1) is 11.1. The number of nitrogen functional groups attached to an aromatic ring is 1. The van der Waals surface area contributed by atoms with Crippen LogP contribution in [0.2, 0.25) is 0 Å². The highest BCUT2D eigenvalue weighted by Gasteiger charge is 2.19. The summed E-state index contributed by atoms with van der Waals surface area (Å²) in [5, 5.41) is 1.86. The molecule has 0 amide bonds. The van der Waals surface area contributed by atoms with E-state index in [4.69, 9.17) is 15.2 Å². The molecule has 0 saturated heterocycles. The average Bonchev–Trinajstić information content (AvgIpc) is 2.91. The van der Waals surface area contributed by atoms with Crippen LogP contribution < -0.4 is 15.2 Å². The number of hydrogen-bond donors (Lipinski definition) is 1. The normalized spacial score (nSPS) is 13.3. The molecule has 0 radical (unpaired) electrons. The summed E-state index contributed by atoms with van der Waals surface area (Å²) in [6.45, 7) is 0.994. The van der Waals surface area contributed by atoms with Gasteiger partial charge in [-0.2, -0.15) is 0 Å². The van der Waals surface area contributed by atoms with Crippen LogP contribution in [0, 0.1) is 0 Å². The van der Waals surface area contributed by atoms with Crippen molar-refractivity contribution in [2.24, 2.45) is 0 Å². The number of carbonyl (C=O) groups is 1. The highest BCUT2D eigenvalue weighted by Crippen LogP contribution is 2.35. The molecule has 2 N–H and O–H groups in total. The van der Waals surface area contributed by atoms with Crippen molar-refractivity contribution in [3.8, 4) is 11.5 Å². The van der Waals surface area contributed by atoms with Crippen molar-refractivity contribution in [2.75, 3.05) is 18.9 Å². The molecule has 0 aliphatic carbocycles. The van der Waals surface area contributed by atoms with E-state index in [1.54, 1.807) is 18.2 Å². The van der Waals surface area contributed by atoms with Crippen molar-refractivity contribution in [1.82, 2.24) is 0 Å². The van der Waals surface area contributed by atoms with Gasteiger partial charge in [-0.05, 0) is 17.5 Å². The lowest BCUT2D eigenvalue weighted by molar-refractivity contribution is 0.104. The topological polar surface area (TPSA) is 61.6 Å². The van der Waals surface area contributed by atoms with E-state index < -0.39 is 0 Å². The van der Waals surface area contributed by atoms with Gasteiger partial charge in [0.25, 0.3) is 0 Å². The Balaban J connectivity index is 2.04. The second-order valence-corrected chi connectivity index (χ2v) is 4.84. The molecule has 0 unspecified atom stereocenters. The number of anilines is 1. The van der Waals surface area contributed by atoms with Crippen molar-refractivity contribution in [2.45, 2.75) is 0 Å².